The second kappa shape index (κ2) is 5.36. The summed E-state index contributed by atoms with van der Waals surface area (Å²) in [5.41, 5.74) is 1.62. The Hall–Kier alpha value is -1.40. The number of nitrogens with one attached hydrogen (secondary N) is 1. The molecule has 1 aromatic heterocycles. The van der Waals surface area contributed by atoms with E-state index in [1.54, 1.807) is 0 Å². The maximum Gasteiger partial charge on any atom is 0.214 e. The highest BCUT2D eigenvalue weighted by Gasteiger charge is 1.97. The monoisotopic (exact) mass is 192 g/mol. The second-order valence-electron chi connectivity index (χ2n) is 2.98. The normalized spacial score (nSPS) is 9.36. The van der Waals surface area contributed by atoms with Gasteiger partial charge in [0.05, 0.1) is 0 Å². The zero-order valence-corrected chi connectivity index (χ0v) is 8.39. The molecule has 0 spiro atoms. The van der Waals surface area contributed by atoms with E-state index in [0.717, 1.165) is 18.5 Å². The van der Waals surface area contributed by atoms with Crippen molar-refractivity contribution in [3.63, 3.8) is 0 Å². The third-order valence-corrected chi connectivity index (χ3v) is 1.79. The van der Waals surface area contributed by atoms with Crippen LogP contribution in [0.4, 0.5) is 4.39 Å². The zero-order chi connectivity index (χ0) is 10.4. The third kappa shape index (κ3) is 3.15. The van der Waals surface area contributed by atoms with Crippen molar-refractivity contribution < 1.29 is 4.39 Å². The summed E-state index contributed by atoms with van der Waals surface area (Å²) in [6.07, 6.45) is 2.26. The largest absolute Gasteiger partial charge is 0.319 e. The minimum Gasteiger partial charge on any atom is -0.319 e. The summed E-state index contributed by atoms with van der Waals surface area (Å²) in [5, 5.41) is 2.99. The summed E-state index contributed by atoms with van der Waals surface area (Å²) >= 11 is 0. The molecule has 3 heteroatoms. The van der Waals surface area contributed by atoms with E-state index in [-0.39, 0.29) is 0 Å². The van der Waals surface area contributed by atoms with Crippen LogP contribution in [0.25, 0.3) is 0 Å². The molecule has 2 nitrogen and oxygen atoms in total. The minimum atomic E-state index is -0.478. The lowest BCUT2D eigenvalue weighted by Crippen LogP contribution is -2.05. The standard InChI is InChI=1S/C11H13FN2/c1-9-8-14-11(12)7-10(9)5-3-4-6-13-2/h7-8,13H,4,6H2,1-2H3. The van der Waals surface area contributed by atoms with Gasteiger partial charge in [0.15, 0.2) is 0 Å². The number of pyridine rings is 1. The molecule has 0 aliphatic heterocycles. The first-order valence-electron chi connectivity index (χ1n) is 4.49. The second-order valence-corrected chi connectivity index (χ2v) is 2.98. The van der Waals surface area contributed by atoms with Crippen LogP contribution in [0.5, 0.6) is 0 Å². The van der Waals surface area contributed by atoms with Gasteiger partial charge in [-0.2, -0.15) is 4.39 Å². The van der Waals surface area contributed by atoms with Gasteiger partial charge in [-0.25, -0.2) is 4.98 Å². The van der Waals surface area contributed by atoms with Crippen molar-refractivity contribution >= 4 is 0 Å². The van der Waals surface area contributed by atoms with Crippen LogP contribution < -0.4 is 5.32 Å². The number of rotatable bonds is 2. The van der Waals surface area contributed by atoms with Crippen LogP contribution in [0.15, 0.2) is 12.3 Å². The molecule has 1 N–H and O–H groups in total. The highest BCUT2D eigenvalue weighted by Crippen LogP contribution is 2.05. The molecule has 0 aliphatic rings. The Morgan fingerprint density at radius 3 is 3.07 bits per heavy atom. The Morgan fingerprint density at radius 2 is 2.36 bits per heavy atom. The SMILES string of the molecule is CNCCC#Cc1cc(F)ncc1C. The molecular weight excluding hydrogens is 179 g/mol. The fourth-order valence-electron chi connectivity index (χ4n) is 0.978. The van der Waals surface area contributed by atoms with E-state index >= 15 is 0 Å². The summed E-state index contributed by atoms with van der Waals surface area (Å²) < 4.78 is 12.7. The molecule has 0 unspecified atom stereocenters. The van der Waals surface area contributed by atoms with Gasteiger partial charge in [0, 0.05) is 30.8 Å². The van der Waals surface area contributed by atoms with Crippen LogP contribution >= 0.6 is 0 Å². The van der Waals surface area contributed by atoms with Crippen LogP contribution in [0.2, 0.25) is 0 Å². The predicted molar refractivity (Wildman–Crippen MR) is 54.4 cm³/mol. The molecule has 1 heterocycles. The van der Waals surface area contributed by atoms with Crippen LogP contribution in [0, 0.1) is 24.7 Å². The molecule has 0 amide bonds. The lowest BCUT2D eigenvalue weighted by atomic mass is 10.1. The van der Waals surface area contributed by atoms with E-state index in [4.69, 9.17) is 0 Å². The molecule has 0 fully saturated rings. The lowest BCUT2D eigenvalue weighted by molar-refractivity contribution is 0.582. The van der Waals surface area contributed by atoms with Gasteiger partial charge < -0.3 is 5.32 Å². The van der Waals surface area contributed by atoms with Crippen molar-refractivity contribution in [1.29, 1.82) is 0 Å². The van der Waals surface area contributed by atoms with Crippen molar-refractivity contribution in [2.75, 3.05) is 13.6 Å². The molecular formula is C11H13FN2. The summed E-state index contributed by atoms with van der Waals surface area (Å²) in [6.45, 7) is 2.72. The van der Waals surface area contributed by atoms with E-state index in [2.05, 4.69) is 22.1 Å². The molecule has 1 rings (SSSR count). The topological polar surface area (TPSA) is 24.9 Å². The molecule has 0 aromatic carbocycles. The van der Waals surface area contributed by atoms with Crippen molar-refractivity contribution in [3.05, 3.63) is 29.3 Å². The van der Waals surface area contributed by atoms with Gasteiger partial charge in [-0.1, -0.05) is 11.8 Å². The van der Waals surface area contributed by atoms with Crippen molar-refractivity contribution in [2.45, 2.75) is 13.3 Å². The first-order valence-corrected chi connectivity index (χ1v) is 4.49. The maximum absolute atomic E-state index is 12.7. The summed E-state index contributed by atoms with van der Waals surface area (Å²) in [7, 11) is 1.87. The van der Waals surface area contributed by atoms with Gasteiger partial charge in [0.2, 0.25) is 5.95 Å². The Bertz CT molecular complexity index is 363. The van der Waals surface area contributed by atoms with Gasteiger partial charge in [-0.05, 0) is 19.5 Å². The Morgan fingerprint density at radius 1 is 1.57 bits per heavy atom. The van der Waals surface area contributed by atoms with Crippen LogP contribution in [-0.4, -0.2) is 18.6 Å². The van der Waals surface area contributed by atoms with Crippen LogP contribution in [0.1, 0.15) is 17.5 Å². The van der Waals surface area contributed by atoms with Gasteiger partial charge in [0.25, 0.3) is 0 Å². The minimum absolute atomic E-state index is 0.478. The number of hydrogen-bond donors (Lipinski definition) is 1. The summed E-state index contributed by atoms with van der Waals surface area (Å²) in [5.74, 6) is 5.40. The highest BCUT2D eigenvalue weighted by molar-refractivity contribution is 5.38. The fraction of sp³-hybridized carbons (Fsp3) is 0.364. The molecule has 0 radical (unpaired) electrons. The number of nitrogens with zero attached hydrogens (tertiary/aromatic N) is 1. The van der Waals surface area contributed by atoms with E-state index in [1.165, 1.54) is 12.3 Å². The molecule has 0 atom stereocenters. The Kier molecular flexibility index (Phi) is 4.09. The van der Waals surface area contributed by atoms with Crippen LogP contribution in [0.3, 0.4) is 0 Å². The number of aromatic nitrogens is 1. The van der Waals surface area contributed by atoms with E-state index < -0.39 is 5.95 Å². The Labute approximate surface area is 83.6 Å². The van der Waals surface area contributed by atoms with Gasteiger partial charge in [-0.15, -0.1) is 0 Å². The zero-order valence-electron chi connectivity index (χ0n) is 8.39. The average molecular weight is 192 g/mol. The van der Waals surface area contributed by atoms with Crippen molar-refractivity contribution in [1.82, 2.24) is 10.3 Å². The van der Waals surface area contributed by atoms with Crippen molar-refractivity contribution in [3.8, 4) is 11.8 Å². The molecule has 0 aliphatic carbocycles. The quantitative estimate of drug-likeness (QED) is 0.436. The molecule has 0 saturated carbocycles. The van der Waals surface area contributed by atoms with E-state index in [9.17, 15) is 4.39 Å². The highest BCUT2D eigenvalue weighted by atomic mass is 19.1. The molecule has 0 bridgehead atoms. The lowest BCUT2D eigenvalue weighted by Gasteiger charge is -1.96. The van der Waals surface area contributed by atoms with Crippen LogP contribution in [-0.2, 0) is 0 Å². The first-order chi connectivity index (χ1) is 6.74. The average Bonchev–Trinajstić information content (AvgIpc) is 2.18. The predicted octanol–water partition coefficient (Wildman–Crippen LogP) is 1.49. The van der Waals surface area contributed by atoms with Gasteiger partial charge >= 0.3 is 0 Å². The fourth-order valence-corrected chi connectivity index (χ4v) is 0.978. The molecule has 14 heavy (non-hydrogen) atoms. The Balaban J connectivity index is 2.73. The van der Waals surface area contributed by atoms with E-state index in [1.807, 2.05) is 14.0 Å². The van der Waals surface area contributed by atoms with Crippen molar-refractivity contribution in [2.24, 2.45) is 0 Å². The summed E-state index contributed by atoms with van der Waals surface area (Å²) in [6, 6.07) is 1.36. The smallest absolute Gasteiger partial charge is 0.214 e. The summed E-state index contributed by atoms with van der Waals surface area (Å²) in [4.78, 5) is 3.54. The number of aryl methyl sites for hydroxylation is 1. The molecule has 74 valence electrons. The van der Waals surface area contributed by atoms with Gasteiger partial charge in [0.1, 0.15) is 0 Å². The van der Waals surface area contributed by atoms with E-state index in [0.29, 0.717) is 5.56 Å². The number of halogens is 1. The first kappa shape index (κ1) is 10.7. The number of hydrogen-bond acceptors (Lipinski definition) is 2. The maximum atomic E-state index is 12.7. The third-order valence-electron chi connectivity index (χ3n) is 1.79. The molecule has 0 saturated heterocycles. The molecule has 1 aromatic rings. The van der Waals surface area contributed by atoms with Gasteiger partial charge in [-0.3, -0.25) is 0 Å².